The van der Waals surface area contributed by atoms with Gasteiger partial charge < -0.3 is 15.1 Å². The van der Waals surface area contributed by atoms with Crippen LogP contribution in [0, 0.1) is 6.92 Å². The maximum absolute atomic E-state index is 12.7. The maximum Gasteiger partial charge on any atom is 0.267 e. The first-order chi connectivity index (χ1) is 13.6. The normalized spacial score (nSPS) is 11.1. The van der Waals surface area contributed by atoms with Crippen LogP contribution in [0.3, 0.4) is 0 Å². The van der Waals surface area contributed by atoms with Crippen LogP contribution < -0.4 is 10.6 Å². The summed E-state index contributed by atoms with van der Waals surface area (Å²) < 4.78 is 5.29. The van der Waals surface area contributed by atoms with E-state index >= 15 is 0 Å². The van der Waals surface area contributed by atoms with Crippen molar-refractivity contribution < 1.29 is 14.0 Å². The monoisotopic (exact) mass is 374 g/mol. The van der Waals surface area contributed by atoms with E-state index in [-0.39, 0.29) is 17.5 Å². The Morgan fingerprint density at radius 3 is 2.43 bits per heavy atom. The van der Waals surface area contributed by atoms with Gasteiger partial charge in [-0.1, -0.05) is 48.5 Å². The largest absolute Gasteiger partial charge is 0.465 e. The van der Waals surface area contributed by atoms with Crippen molar-refractivity contribution in [3.8, 4) is 0 Å². The third-order valence-electron chi connectivity index (χ3n) is 4.25. The second-order valence-corrected chi connectivity index (χ2v) is 6.33. The first kappa shape index (κ1) is 19.2. The molecule has 5 heteroatoms. The fraction of sp³-hybridized carbons (Fsp3) is 0.130. The van der Waals surface area contributed by atoms with Gasteiger partial charge in [0.05, 0.1) is 6.26 Å². The average molecular weight is 374 g/mol. The molecule has 5 nitrogen and oxygen atoms in total. The van der Waals surface area contributed by atoms with Gasteiger partial charge in [-0.15, -0.1) is 0 Å². The first-order valence-electron chi connectivity index (χ1n) is 9.08. The van der Waals surface area contributed by atoms with Gasteiger partial charge in [0, 0.05) is 18.2 Å². The molecule has 142 valence electrons. The zero-order valence-corrected chi connectivity index (χ0v) is 15.6. The minimum atomic E-state index is -0.366. The number of aryl methyl sites for hydroxylation is 1. The number of nitrogens with one attached hydrogen (secondary N) is 2. The molecule has 3 rings (SSSR count). The molecule has 0 aliphatic heterocycles. The van der Waals surface area contributed by atoms with Crippen molar-refractivity contribution in [2.24, 2.45) is 0 Å². The summed E-state index contributed by atoms with van der Waals surface area (Å²) in [5, 5.41) is 5.56. The molecule has 2 aromatic carbocycles. The summed E-state index contributed by atoms with van der Waals surface area (Å²) in [6.07, 6.45) is 3.74. The van der Waals surface area contributed by atoms with Gasteiger partial charge in [0.1, 0.15) is 11.5 Å². The summed E-state index contributed by atoms with van der Waals surface area (Å²) in [5.41, 5.74) is 2.62. The Morgan fingerprint density at radius 1 is 0.964 bits per heavy atom. The third-order valence-corrected chi connectivity index (χ3v) is 4.25. The van der Waals surface area contributed by atoms with E-state index < -0.39 is 0 Å². The van der Waals surface area contributed by atoms with Crippen LogP contribution in [-0.2, 0) is 11.2 Å². The molecule has 0 aliphatic carbocycles. The minimum absolute atomic E-state index is 0.135. The van der Waals surface area contributed by atoms with Crippen LogP contribution in [0.1, 0.15) is 27.2 Å². The Labute approximate surface area is 164 Å². The summed E-state index contributed by atoms with van der Waals surface area (Å²) >= 11 is 0. The van der Waals surface area contributed by atoms with Crippen LogP contribution in [0.25, 0.3) is 6.08 Å². The highest BCUT2D eigenvalue weighted by Gasteiger charge is 2.16. The Morgan fingerprint density at radius 2 is 1.71 bits per heavy atom. The van der Waals surface area contributed by atoms with E-state index in [0.717, 1.165) is 11.1 Å². The number of benzene rings is 2. The highest BCUT2D eigenvalue weighted by molar-refractivity contribution is 6.05. The lowest BCUT2D eigenvalue weighted by Gasteiger charge is -2.12. The zero-order valence-electron chi connectivity index (χ0n) is 15.6. The fourth-order valence-electron chi connectivity index (χ4n) is 2.75. The molecule has 0 fully saturated rings. The molecule has 0 bridgehead atoms. The SMILES string of the molecule is Cc1ccccc1C(=O)N/C(=C\c1ccco1)C(=O)NCCc1ccccc1. The Hall–Kier alpha value is -3.60. The molecule has 1 aromatic heterocycles. The van der Waals surface area contributed by atoms with Crippen LogP contribution in [0.15, 0.2) is 83.1 Å². The second-order valence-electron chi connectivity index (χ2n) is 6.33. The van der Waals surface area contributed by atoms with E-state index in [0.29, 0.717) is 24.3 Å². The Kier molecular flexibility index (Phi) is 6.41. The quantitative estimate of drug-likeness (QED) is 0.619. The molecule has 0 unspecified atom stereocenters. The molecule has 0 saturated carbocycles. The Bertz CT molecular complexity index is 961. The van der Waals surface area contributed by atoms with Gasteiger partial charge in [-0.05, 0) is 42.7 Å². The Balaban J connectivity index is 1.71. The third kappa shape index (κ3) is 5.20. The van der Waals surface area contributed by atoms with Gasteiger partial charge in [-0.2, -0.15) is 0 Å². The van der Waals surface area contributed by atoms with Gasteiger partial charge in [0.2, 0.25) is 0 Å². The molecule has 2 N–H and O–H groups in total. The molecule has 2 amide bonds. The van der Waals surface area contributed by atoms with Crippen molar-refractivity contribution in [3.63, 3.8) is 0 Å². The number of carbonyl (C=O) groups is 2. The highest BCUT2D eigenvalue weighted by atomic mass is 16.3. The van der Waals surface area contributed by atoms with E-state index in [1.165, 1.54) is 12.3 Å². The summed E-state index contributed by atoms with van der Waals surface area (Å²) in [4.78, 5) is 25.3. The standard InChI is InChI=1S/C23H22N2O3/c1-17-8-5-6-12-20(17)22(26)25-21(16-19-11-7-15-28-19)23(27)24-14-13-18-9-3-2-4-10-18/h2-12,15-16H,13-14H2,1H3,(H,24,27)(H,25,26)/b21-16-. The van der Waals surface area contributed by atoms with Crippen molar-refractivity contribution in [1.29, 1.82) is 0 Å². The maximum atomic E-state index is 12.7. The van der Waals surface area contributed by atoms with Crippen molar-refractivity contribution in [1.82, 2.24) is 10.6 Å². The van der Waals surface area contributed by atoms with Crippen LogP contribution in [0.2, 0.25) is 0 Å². The molecule has 0 atom stereocenters. The van der Waals surface area contributed by atoms with E-state index in [2.05, 4.69) is 10.6 Å². The molecule has 0 spiro atoms. The number of furan rings is 1. The number of carbonyl (C=O) groups excluding carboxylic acids is 2. The second kappa shape index (κ2) is 9.37. The van der Waals surface area contributed by atoms with Crippen LogP contribution >= 0.6 is 0 Å². The summed E-state index contributed by atoms with van der Waals surface area (Å²) in [6, 6.07) is 20.6. The summed E-state index contributed by atoms with van der Waals surface area (Å²) in [7, 11) is 0. The van der Waals surface area contributed by atoms with Crippen molar-refractivity contribution in [3.05, 3.63) is 101 Å². The summed E-state index contributed by atoms with van der Waals surface area (Å²) in [5.74, 6) is -0.221. The topological polar surface area (TPSA) is 71.3 Å². The van der Waals surface area contributed by atoms with Gasteiger partial charge >= 0.3 is 0 Å². The summed E-state index contributed by atoms with van der Waals surface area (Å²) in [6.45, 7) is 2.31. The predicted octanol–water partition coefficient (Wildman–Crippen LogP) is 3.72. The minimum Gasteiger partial charge on any atom is -0.465 e. The van der Waals surface area contributed by atoms with E-state index in [1.54, 1.807) is 24.3 Å². The smallest absolute Gasteiger partial charge is 0.267 e. The highest BCUT2D eigenvalue weighted by Crippen LogP contribution is 2.10. The number of amides is 2. The molecule has 0 saturated heterocycles. The average Bonchev–Trinajstić information content (AvgIpc) is 3.21. The molecular weight excluding hydrogens is 352 g/mol. The van der Waals surface area contributed by atoms with Crippen LogP contribution in [-0.4, -0.2) is 18.4 Å². The van der Waals surface area contributed by atoms with Gasteiger partial charge in [-0.25, -0.2) is 0 Å². The van der Waals surface area contributed by atoms with Gasteiger partial charge in [0.15, 0.2) is 0 Å². The number of hydrogen-bond acceptors (Lipinski definition) is 3. The molecule has 0 radical (unpaired) electrons. The van der Waals surface area contributed by atoms with E-state index in [1.807, 2.05) is 49.4 Å². The number of rotatable bonds is 7. The van der Waals surface area contributed by atoms with E-state index in [9.17, 15) is 9.59 Å². The molecular formula is C23H22N2O3. The van der Waals surface area contributed by atoms with E-state index in [4.69, 9.17) is 4.42 Å². The first-order valence-corrected chi connectivity index (χ1v) is 9.08. The predicted molar refractivity (Wildman–Crippen MR) is 108 cm³/mol. The van der Waals surface area contributed by atoms with Crippen molar-refractivity contribution in [2.75, 3.05) is 6.54 Å². The van der Waals surface area contributed by atoms with Crippen LogP contribution in [0.5, 0.6) is 0 Å². The lowest BCUT2D eigenvalue weighted by molar-refractivity contribution is -0.117. The molecule has 0 aliphatic rings. The molecule has 1 heterocycles. The van der Waals surface area contributed by atoms with Gasteiger partial charge in [-0.3, -0.25) is 9.59 Å². The zero-order chi connectivity index (χ0) is 19.8. The lowest BCUT2D eigenvalue weighted by Crippen LogP contribution is -2.36. The van der Waals surface area contributed by atoms with Crippen LogP contribution in [0.4, 0.5) is 0 Å². The lowest BCUT2D eigenvalue weighted by atomic mass is 10.1. The fourth-order valence-corrected chi connectivity index (χ4v) is 2.75. The molecule has 28 heavy (non-hydrogen) atoms. The van der Waals surface area contributed by atoms with Gasteiger partial charge in [0.25, 0.3) is 11.8 Å². The van der Waals surface area contributed by atoms with Crippen molar-refractivity contribution in [2.45, 2.75) is 13.3 Å². The number of hydrogen-bond donors (Lipinski definition) is 2. The molecule has 3 aromatic rings. The van der Waals surface area contributed by atoms with Crippen molar-refractivity contribution >= 4 is 17.9 Å².